The van der Waals surface area contributed by atoms with E-state index in [1.165, 1.54) is 12.1 Å². The minimum Gasteiger partial charge on any atom is -0.464 e. The second-order valence-corrected chi connectivity index (χ2v) is 8.30. The van der Waals surface area contributed by atoms with Gasteiger partial charge in [0.15, 0.2) is 0 Å². The second kappa shape index (κ2) is 9.81. The Morgan fingerprint density at radius 2 is 1.62 bits per heavy atom. The highest BCUT2D eigenvalue weighted by Crippen LogP contribution is 2.28. The van der Waals surface area contributed by atoms with E-state index in [1.54, 1.807) is 21.9 Å². The van der Waals surface area contributed by atoms with Crippen molar-refractivity contribution in [3.63, 3.8) is 0 Å². The maximum Gasteiger partial charge on any atom is 0.242 e. The molecule has 1 heterocycles. The first kappa shape index (κ1) is 21.8. The molecule has 3 aromatic rings. The summed E-state index contributed by atoms with van der Waals surface area (Å²) in [6, 6.07) is 19.5. The van der Waals surface area contributed by atoms with Crippen LogP contribution in [0.1, 0.15) is 35.5 Å². The van der Waals surface area contributed by atoms with E-state index >= 15 is 0 Å². The number of aryl methyl sites for hydroxylation is 1. The van der Waals surface area contributed by atoms with Gasteiger partial charge in [-0.15, -0.1) is 0 Å². The van der Waals surface area contributed by atoms with Crippen LogP contribution in [-0.4, -0.2) is 34.2 Å². The molecular formula is C26H27FN2O3. The smallest absolute Gasteiger partial charge is 0.242 e. The SMILES string of the molecule is Cc1ccc(CN(Cc2ccccc2)C(=O)CN(C(=O)Cc2ccc(F)cc2)C2CC2)o1. The molecule has 4 rings (SSSR count). The summed E-state index contributed by atoms with van der Waals surface area (Å²) in [5.41, 5.74) is 1.75. The average molecular weight is 435 g/mol. The Morgan fingerprint density at radius 3 is 2.25 bits per heavy atom. The number of nitrogens with zero attached hydrogens (tertiary/aromatic N) is 2. The van der Waals surface area contributed by atoms with Crippen LogP contribution >= 0.6 is 0 Å². The second-order valence-electron chi connectivity index (χ2n) is 8.30. The summed E-state index contributed by atoms with van der Waals surface area (Å²) in [4.78, 5) is 29.8. The van der Waals surface area contributed by atoms with Gasteiger partial charge in [0.1, 0.15) is 23.9 Å². The highest BCUT2D eigenvalue weighted by molar-refractivity contribution is 5.86. The zero-order chi connectivity index (χ0) is 22.5. The van der Waals surface area contributed by atoms with E-state index in [-0.39, 0.29) is 36.6 Å². The number of rotatable bonds is 9. The van der Waals surface area contributed by atoms with Gasteiger partial charge < -0.3 is 14.2 Å². The van der Waals surface area contributed by atoms with Crippen LogP contribution in [-0.2, 0) is 29.1 Å². The molecule has 0 aliphatic heterocycles. The van der Waals surface area contributed by atoms with Crippen LogP contribution in [0.5, 0.6) is 0 Å². The Balaban J connectivity index is 1.47. The molecule has 1 aromatic heterocycles. The maximum atomic E-state index is 13.3. The molecular weight excluding hydrogens is 407 g/mol. The number of halogens is 1. The predicted octanol–water partition coefficient (Wildman–Crippen LogP) is 4.49. The van der Waals surface area contributed by atoms with Crippen LogP contribution in [0.3, 0.4) is 0 Å². The summed E-state index contributed by atoms with van der Waals surface area (Å²) >= 11 is 0. The van der Waals surface area contributed by atoms with Crippen LogP contribution in [0.2, 0.25) is 0 Å². The molecule has 0 N–H and O–H groups in total. The summed E-state index contributed by atoms with van der Waals surface area (Å²) in [6.45, 7) is 2.67. The number of benzene rings is 2. The molecule has 5 nitrogen and oxygen atoms in total. The van der Waals surface area contributed by atoms with E-state index in [9.17, 15) is 14.0 Å². The van der Waals surface area contributed by atoms with Gasteiger partial charge in [-0.2, -0.15) is 0 Å². The molecule has 1 aliphatic carbocycles. The van der Waals surface area contributed by atoms with Crippen LogP contribution in [0, 0.1) is 12.7 Å². The monoisotopic (exact) mass is 434 g/mol. The maximum absolute atomic E-state index is 13.3. The fourth-order valence-electron chi connectivity index (χ4n) is 3.73. The standard InChI is InChI=1S/C26H27FN2O3/c1-19-7-14-24(32-19)17-28(16-21-5-3-2-4-6-21)26(31)18-29(23-12-13-23)25(30)15-20-8-10-22(27)11-9-20/h2-11,14,23H,12-13,15-18H2,1H3. The lowest BCUT2D eigenvalue weighted by Crippen LogP contribution is -2.44. The average Bonchev–Trinajstić information content (AvgIpc) is 3.55. The molecule has 2 amide bonds. The molecule has 0 bridgehead atoms. The van der Waals surface area contributed by atoms with E-state index in [0.717, 1.165) is 29.7 Å². The van der Waals surface area contributed by atoms with Crippen molar-refractivity contribution < 1.29 is 18.4 Å². The zero-order valence-corrected chi connectivity index (χ0v) is 18.2. The van der Waals surface area contributed by atoms with Gasteiger partial charge in [0.25, 0.3) is 0 Å². The molecule has 0 unspecified atom stereocenters. The summed E-state index contributed by atoms with van der Waals surface area (Å²) in [7, 11) is 0. The van der Waals surface area contributed by atoms with Gasteiger partial charge in [0.05, 0.1) is 13.0 Å². The molecule has 1 saturated carbocycles. The largest absolute Gasteiger partial charge is 0.464 e. The van der Waals surface area contributed by atoms with Crippen molar-refractivity contribution in [1.82, 2.24) is 9.80 Å². The highest BCUT2D eigenvalue weighted by atomic mass is 19.1. The van der Waals surface area contributed by atoms with Gasteiger partial charge in [-0.1, -0.05) is 42.5 Å². The number of furan rings is 1. The molecule has 166 valence electrons. The van der Waals surface area contributed by atoms with Gasteiger partial charge in [0.2, 0.25) is 11.8 Å². The third-order valence-electron chi connectivity index (χ3n) is 5.59. The minimum absolute atomic E-state index is 0.0250. The third kappa shape index (κ3) is 5.84. The Hall–Kier alpha value is -3.41. The first-order chi connectivity index (χ1) is 15.5. The molecule has 0 saturated heterocycles. The highest BCUT2D eigenvalue weighted by Gasteiger charge is 2.34. The van der Waals surface area contributed by atoms with Gasteiger partial charge in [-0.05, 0) is 55.2 Å². The number of hydrogen-bond donors (Lipinski definition) is 0. The van der Waals surface area contributed by atoms with Gasteiger partial charge in [0, 0.05) is 12.6 Å². The van der Waals surface area contributed by atoms with Crippen molar-refractivity contribution in [1.29, 1.82) is 0 Å². The van der Waals surface area contributed by atoms with E-state index in [1.807, 2.05) is 49.4 Å². The number of carbonyl (C=O) groups is 2. The molecule has 32 heavy (non-hydrogen) atoms. The van der Waals surface area contributed by atoms with Crippen molar-refractivity contribution in [3.8, 4) is 0 Å². The van der Waals surface area contributed by atoms with E-state index < -0.39 is 0 Å². The van der Waals surface area contributed by atoms with Gasteiger partial charge in [-0.25, -0.2) is 4.39 Å². The Morgan fingerprint density at radius 1 is 0.906 bits per heavy atom. The third-order valence-corrected chi connectivity index (χ3v) is 5.59. The molecule has 0 spiro atoms. The summed E-state index contributed by atoms with van der Waals surface area (Å²) in [5.74, 6) is 0.937. The van der Waals surface area contributed by atoms with Crippen molar-refractivity contribution in [3.05, 3.63) is 95.2 Å². The van der Waals surface area contributed by atoms with E-state index in [4.69, 9.17) is 4.42 Å². The summed E-state index contributed by atoms with van der Waals surface area (Å²) in [5, 5.41) is 0. The first-order valence-corrected chi connectivity index (χ1v) is 10.9. The van der Waals surface area contributed by atoms with Crippen LogP contribution < -0.4 is 0 Å². The fraction of sp³-hybridized carbons (Fsp3) is 0.308. The van der Waals surface area contributed by atoms with Crippen LogP contribution in [0.4, 0.5) is 4.39 Å². The number of amides is 2. The molecule has 0 atom stereocenters. The quantitative estimate of drug-likeness (QED) is 0.499. The van der Waals surface area contributed by atoms with Gasteiger partial charge >= 0.3 is 0 Å². The number of hydrogen-bond acceptors (Lipinski definition) is 3. The van der Waals surface area contributed by atoms with Crippen LogP contribution in [0.15, 0.2) is 71.1 Å². The normalized spacial score (nSPS) is 13.1. The van der Waals surface area contributed by atoms with Crippen molar-refractivity contribution in [2.45, 2.75) is 45.3 Å². The number of carbonyl (C=O) groups excluding carboxylic acids is 2. The molecule has 0 radical (unpaired) electrons. The fourth-order valence-corrected chi connectivity index (χ4v) is 3.73. The lowest BCUT2D eigenvalue weighted by Gasteiger charge is -2.27. The summed E-state index contributed by atoms with van der Waals surface area (Å²) < 4.78 is 18.9. The minimum atomic E-state index is -0.333. The first-order valence-electron chi connectivity index (χ1n) is 10.9. The van der Waals surface area contributed by atoms with Crippen molar-refractivity contribution >= 4 is 11.8 Å². The topological polar surface area (TPSA) is 53.8 Å². The van der Waals surface area contributed by atoms with Crippen molar-refractivity contribution in [2.75, 3.05) is 6.54 Å². The van der Waals surface area contributed by atoms with E-state index in [2.05, 4.69) is 0 Å². The van der Waals surface area contributed by atoms with Crippen molar-refractivity contribution in [2.24, 2.45) is 0 Å². The Bertz CT molecular complexity index is 1060. The Kier molecular flexibility index (Phi) is 6.69. The Labute approximate surface area is 187 Å². The van der Waals surface area contributed by atoms with E-state index in [0.29, 0.717) is 18.8 Å². The van der Waals surface area contributed by atoms with Gasteiger partial charge in [-0.3, -0.25) is 9.59 Å². The predicted molar refractivity (Wildman–Crippen MR) is 119 cm³/mol. The lowest BCUT2D eigenvalue weighted by atomic mass is 10.1. The van der Waals surface area contributed by atoms with Crippen LogP contribution in [0.25, 0.3) is 0 Å². The zero-order valence-electron chi connectivity index (χ0n) is 18.2. The molecule has 1 aliphatic rings. The molecule has 2 aromatic carbocycles. The molecule has 6 heteroatoms. The molecule has 1 fully saturated rings. The lowest BCUT2D eigenvalue weighted by molar-refractivity contribution is -0.141. The summed E-state index contributed by atoms with van der Waals surface area (Å²) in [6.07, 6.45) is 1.96.